The van der Waals surface area contributed by atoms with Crippen LogP contribution >= 0.6 is 15.9 Å². The maximum Gasteiger partial charge on any atom is 0.141 e. The number of anilines is 1. The van der Waals surface area contributed by atoms with E-state index in [4.69, 9.17) is 10.7 Å². The molecule has 0 bridgehead atoms. The number of imidazole rings is 1. The van der Waals surface area contributed by atoms with E-state index in [0.29, 0.717) is 11.7 Å². The maximum absolute atomic E-state index is 9.86. The highest BCUT2D eigenvalue weighted by molar-refractivity contribution is 9.10. The fourth-order valence-electron chi connectivity index (χ4n) is 2.66. The van der Waals surface area contributed by atoms with Crippen LogP contribution in [0.3, 0.4) is 0 Å². The number of nitrogens with zero attached hydrogens (tertiary/aromatic N) is 2. The lowest BCUT2D eigenvalue weighted by molar-refractivity contribution is 0.478. The molecule has 0 saturated heterocycles. The second-order valence-corrected chi connectivity index (χ2v) is 6.36. The van der Waals surface area contributed by atoms with E-state index < -0.39 is 0 Å². The quantitative estimate of drug-likeness (QED) is 0.544. The zero-order chi connectivity index (χ0) is 14.6. The van der Waals surface area contributed by atoms with Crippen LogP contribution < -0.4 is 5.73 Å². The van der Waals surface area contributed by atoms with Crippen LogP contribution in [-0.4, -0.2) is 14.7 Å². The number of aromatic hydroxyl groups is 1. The number of fused-ring (bicyclic) bond motifs is 1. The van der Waals surface area contributed by atoms with Gasteiger partial charge in [0.1, 0.15) is 11.6 Å². The molecular weight excluding hydrogens is 330 g/mol. The lowest BCUT2D eigenvalue weighted by atomic mass is 10.2. The fraction of sp³-hybridized carbons (Fsp3) is 0.188. The highest BCUT2D eigenvalue weighted by atomic mass is 79.9. The lowest BCUT2D eigenvalue weighted by Gasteiger charge is -2.08. The number of aromatic nitrogens is 2. The average Bonchev–Trinajstić information content (AvgIpc) is 3.22. The van der Waals surface area contributed by atoms with E-state index in [2.05, 4.69) is 26.6 Å². The minimum atomic E-state index is 0.100. The third kappa shape index (κ3) is 2.08. The summed E-state index contributed by atoms with van der Waals surface area (Å²) in [5.41, 5.74) is 9.06. The van der Waals surface area contributed by atoms with E-state index in [9.17, 15) is 5.11 Å². The van der Waals surface area contributed by atoms with E-state index in [-0.39, 0.29) is 5.75 Å². The molecule has 2 aromatic carbocycles. The van der Waals surface area contributed by atoms with Crippen LogP contribution in [0, 0.1) is 0 Å². The molecule has 0 atom stereocenters. The SMILES string of the molecule is Nc1ccc(-c2nc3cc(Br)ccc3n2C2CC2)cc1O. The first-order chi connectivity index (χ1) is 10.1. The Bertz CT molecular complexity index is 852. The van der Waals surface area contributed by atoms with E-state index in [0.717, 1.165) is 26.9 Å². The number of phenolic OH excluding ortho intramolecular Hbond substituents is 1. The Morgan fingerprint density at radius 3 is 2.71 bits per heavy atom. The molecule has 1 heterocycles. The summed E-state index contributed by atoms with van der Waals surface area (Å²) in [7, 11) is 0. The minimum absolute atomic E-state index is 0.100. The van der Waals surface area contributed by atoms with Crippen molar-refractivity contribution in [1.82, 2.24) is 9.55 Å². The van der Waals surface area contributed by atoms with Crippen molar-refractivity contribution in [3.63, 3.8) is 0 Å². The topological polar surface area (TPSA) is 64.1 Å². The number of halogens is 1. The molecule has 3 aromatic rings. The third-order valence-electron chi connectivity index (χ3n) is 3.85. The lowest BCUT2D eigenvalue weighted by Crippen LogP contribution is -1.97. The van der Waals surface area contributed by atoms with Gasteiger partial charge in [0.15, 0.2) is 0 Å². The minimum Gasteiger partial charge on any atom is -0.506 e. The van der Waals surface area contributed by atoms with Gasteiger partial charge in [-0.25, -0.2) is 4.98 Å². The van der Waals surface area contributed by atoms with Crippen molar-refractivity contribution in [2.45, 2.75) is 18.9 Å². The van der Waals surface area contributed by atoms with Crippen molar-refractivity contribution < 1.29 is 5.11 Å². The first-order valence-corrected chi connectivity index (χ1v) is 7.69. The molecule has 0 amide bonds. The van der Waals surface area contributed by atoms with Gasteiger partial charge >= 0.3 is 0 Å². The predicted octanol–water partition coefficient (Wildman–Crippen LogP) is 4.09. The number of nitrogen functional groups attached to an aromatic ring is 1. The molecular formula is C16H14BrN3O. The number of hydrogen-bond acceptors (Lipinski definition) is 3. The van der Waals surface area contributed by atoms with Gasteiger partial charge in [0.2, 0.25) is 0 Å². The van der Waals surface area contributed by atoms with Crippen LogP contribution in [0.4, 0.5) is 5.69 Å². The number of benzene rings is 2. The van der Waals surface area contributed by atoms with E-state index in [1.165, 1.54) is 12.8 Å². The van der Waals surface area contributed by atoms with Crippen LogP contribution in [0.2, 0.25) is 0 Å². The first-order valence-electron chi connectivity index (χ1n) is 6.90. The summed E-state index contributed by atoms with van der Waals surface area (Å²) in [5, 5.41) is 9.86. The zero-order valence-corrected chi connectivity index (χ0v) is 12.8. The molecule has 1 aromatic heterocycles. The molecule has 1 aliphatic carbocycles. The normalized spacial score (nSPS) is 14.7. The summed E-state index contributed by atoms with van der Waals surface area (Å²) in [6, 6.07) is 12.0. The van der Waals surface area contributed by atoms with Gasteiger partial charge in [-0.05, 0) is 49.2 Å². The largest absolute Gasteiger partial charge is 0.506 e. The molecule has 21 heavy (non-hydrogen) atoms. The van der Waals surface area contributed by atoms with Crippen molar-refractivity contribution in [3.05, 3.63) is 40.9 Å². The van der Waals surface area contributed by atoms with Gasteiger partial charge in [-0.2, -0.15) is 0 Å². The molecule has 1 fully saturated rings. The Morgan fingerprint density at radius 1 is 1.19 bits per heavy atom. The molecule has 3 N–H and O–H groups in total. The van der Waals surface area contributed by atoms with Gasteiger partial charge in [-0.1, -0.05) is 15.9 Å². The summed E-state index contributed by atoms with van der Waals surface area (Å²) >= 11 is 3.49. The van der Waals surface area contributed by atoms with Crippen LogP contribution in [0.1, 0.15) is 18.9 Å². The Labute approximate surface area is 130 Å². The van der Waals surface area contributed by atoms with Gasteiger partial charge in [-0.15, -0.1) is 0 Å². The third-order valence-corrected chi connectivity index (χ3v) is 4.35. The van der Waals surface area contributed by atoms with Crippen molar-refractivity contribution in [1.29, 1.82) is 0 Å². The summed E-state index contributed by atoms with van der Waals surface area (Å²) in [6.45, 7) is 0. The molecule has 0 aliphatic heterocycles. The second-order valence-electron chi connectivity index (χ2n) is 5.44. The van der Waals surface area contributed by atoms with E-state index in [1.807, 2.05) is 18.2 Å². The Morgan fingerprint density at radius 2 is 2.00 bits per heavy atom. The monoisotopic (exact) mass is 343 g/mol. The first kappa shape index (κ1) is 12.7. The highest BCUT2D eigenvalue weighted by Gasteiger charge is 2.28. The summed E-state index contributed by atoms with van der Waals surface area (Å²) in [4.78, 5) is 4.76. The average molecular weight is 344 g/mol. The summed E-state index contributed by atoms with van der Waals surface area (Å²) in [6.07, 6.45) is 2.35. The van der Waals surface area contributed by atoms with Crippen LogP contribution in [-0.2, 0) is 0 Å². The molecule has 0 radical (unpaired) electrons. The Hall–Kier alpha value is -2.01. The Kier molecular flexibility index (Phi) is 2.72. The molecule has 4 rings (SSSR count). The predicted molar refractivity (Wildman–Crippen MR) is 87.2 cm³/mol. The highest BCUT2D eigenvalue weighted by Crippen LogP contribution is 2.42. The van der Waals surface area contributed by atoms with Crippen LogP contribution in [0.5, 0.6) is 5.75 Å². The molecule has 1 saturated carbocycles. The molecule has 0 spiro atoms. The van der Waals surface area contributed by atoms with E-state index >= 15 is 0 Å². The van der Waals surface area contributed by atoms with Crippen molar-refractivity contribution >= 4 is 32.7 Å². The van der Waals surface area contributed by atoms with Gasteiger partial charge < -0.3 is 15.4 Å². The Balaban J connectivity index is 1.98. The number of nitrogens with two attached hydrogens (primary N) is 1. The van der Waals surface area contributed by atoms with Gasteiger partial charge in [0, 0.05) is 16.1 Å². The number of rotatable bonds is 2. The zero-order valence-electron chi connectivity index (χ0n) is 11.3. The fourth-order valence-corrected chi connectivity index (χ4v) is 3.01. The van der Waals surface area contributed by atoms with Crippen LogP contribution in [0.25, 0.3) is 22.4 Å². The smallest absolute Gasteiger partial charge is 0.141 e. The van der Waals surface area contributed by atoms with Gasteiger partial charge in [0.25, 0.3) is 0 Å². The van der Waals surface area contributed by atoms with Crippen LogP contribution in [0.15, 0.2) is 40.9 Å². The summed E-state index contributed by atoms with van der Waals surface area (Å²) in [5.74, 6) is 0.990. The van der Waals surface area contributed by atoms with E-state index in [1.54, 1.807) is 12.1 Å². The van der Waals surface area contributed by atoms with Crippen molar-refractivity contribution in [2.75, 3.05) is 5.73 Å². The number of phenols is 1. The molecule has 106 valence electrons. The molecule has 5 heteroatoms. The summed E-state index contributed by atoms with van der Waals surface area (Å²) < 4.78 is 3.29. The number of hydrogen-bond donors (Lipinski definition) is 2. The van der Waals surface area contributed by atoms with Crippen molar-refractivity contribution in [2.24, 2.45) is 0 Å². The van der Waals surface area contributed by atoms with Crippen molar-refractivity contribution in [3.8, 4) is 17.1 Å². The van der Waals surface area contributed by atoms with Gasteiger partial charge in [-0.3, -0.25) is 0 Å². The second kappa shape index (κ2) is 4.49. The molecule has 4 nitrogen and oxygen atoms in total. The standard InChI is InChI=1S/C16H14BrN3O/c17-10-2-6-14-13(8-10)19-16(20(14)11-3-4-11)9-1-5-12(18)15(21)7-9/h1-2,5-8,11,21H,3-4,18H2. The maximum atomic E-state index is 9.86. The molecule has 1 aliphatic rings. The molecule has 0 unspecified atom stereocenters. The van der Waals surface area contributed by atoms with Gasteiger partial charge in [0.05, 0.1) is 16.7 Å².